The summed E-state index contributed by atoms with van der Waals surface area (Å²) in [6.45, 7) is -0.475. The van der Waals surface area contributed by atoms with Gasteiger partial charge in [0, 0.05) is 5.92 Å². The van der Waals surface area contributed by atoms with Crippen molar-refractivity contribution < 1.29 is 33.8 Å². The predicted octanol–water partition coefficient (Wildman–Crippen LogP) is 0.857. The van der Waals surface area contributed by atoms with Crippen molar-refractivity contribution in [2.75, 3.05) is 32.9 Å². The maximum absolute atomic E-state index is 12.1. The van der Waals surface area contributed by atoms with E-state index in [0.29, 0.717) is 0 Å². The van der Waals surface area contributed by atoms with E-state index in [-0.39, 0.29) is 38.8 Å². The first-order valence-electron chi connectivity index (χ1n) is 10.9. The lowest BCUT2D eigenvalue weighted by Gasteiger charge is -2.16. The Morgan fingerprint density at radius 1 is 0.882 bits per heavy atom. The van der Waals surface area contributed by atoms with Gasteiger partial charge in [0.15, 0.2) is 0 Å². The molecule has 1 saturated heterocycles. The fraction of sp³-hybridized carbons (Fsp3) is 0.333. The molecule has 4 N–H and O–H groups in total. The number of carbonyl (C=O) groups is 4. The quantitative estimate of drug-likeness (QED) is 0.451. The second kappa shape index (κ2) is 10.3. The second-order valence-electron chi connectivity index (χ2n) is 8.11. The lowest BCUT2D eigenvalue weighted by Crippen LogP contribution is -2.47. The Bertz CT molecular complexity index is 1060. The van der Waals surface area contributed by atoms with Crippen LogP contribution in [0.5, 0.6) is 0 Å². The van der Waals surface area contributed by atoms with Crippen LogP contribution in [0.2, 0.25) is 0 Å². The molecule has 34 heavy (non-hydrogen) atoms. The average molecular weight is 467 g/mol. The van der Waals surface area contributed by atoms with Gasteiger partial charge >= 0.3 is 12.1 Å². The van der Waals surface area contributed by atoms with Crippen LogP contribution in [0.25, 0.3) is 11.1 Å². The van der Waals surface area contributed by atoms with Gasteiger partial charge in [0.05, 0.1) is 25.8 Å². The number of carbonyl (C=O) groups excluding carboxylic acids is 3. The number of benzene rings is 2. The van der Waals surface area contributed by atoms with E-state index in [0.717, 1.165) is 22.3 Å². The summed E-state index contributed by atoms with van der Waals surface area (Å²) in [5.41, 5.74) is 4.39. The highest BCUT2D eigenvalue weighted by Crippen LogP contribution is 2.44. The van der Waals surface area contributed by atoms with E-state index in [1.165, 1.54) is 0 Å². The average Bonchev–Trinajstić information content (AvgIpc) is 3.43. The van der Waals surface area contributed by atoms with Crippen molar-refractivity contribution in [3.05, 3.63) is 59.7 Å². The zero-order valence-corrected chi connectivity index (χ0v) is 18.3. The van der Waals surface area contributed by atoms with Gasteiger partial charge in [-0.2, -0.15) is 0 Å². The fourth-order valence-electron chi connectivity index (χ4n) is 4.24. The number of nitrogens with one attached hydrogen (secondary N) is 3. The minimum absolute atomic E-state index is 0.0245. The highest BCUT2D eigenvalue weighted by molar-refractivity contribution is 5.87. The summed E-state index contributed by atoms with van der Waals surface area (Å²) < 4.78 is 10.4. The molecule has 1 aliphatic heterocycles. The Morgan fingerprint density at radius 2 is 1.50 bits per heavy atom. The van der Waals surface area contributed by atoms with Crippen LogP contribution in [-0.2, 0) is 23.9 Å². The molecule has 2 aliphatic rings. The molecule has 2 atom stereocenters. The summed E-state index contributed by atoms with van der Waals surface area (Å²) >= 11 is 0. The standard InChI is InChI=1S/C24H25N3O7/c28-21(25-10-22(29)27-20-13-33-11-19(20)23(30)31)9-26-24(32)34-12-18-16-7-3-1-5-14(16)15-6-2-4-8-17(15)18/h1-8,18-20H,9-13H2,(H,25,28)(H,26,32)(H,27,29)(H,30,31). The monoisotopic (exact) mass is 467 g/mol. The van der Waals surface area contributed by atoms with Gasteiger partial charge in [-0.15, -0.1) is 0 Å². The van der Waals surface area contributed by atoms with Crippen molar-refractivity contribution in [2.24, 2.45) is 5.92 Å². The van der Waals surface area contributed by atoms with Crippen molar-refractivity contribution in [3.8, 4) is 11.1 Å². The molecular weight excluding hydrogens is 442 g/mol. The van der Waals surface area contributed by atoms with Crippen LogP contribution in [0.4, 0.5) is 4.79 Å². The lowest BCUT2D eigenvalue weighted by atomic mass is 9.98. The van der Waals surface area contributed by atoms with Crippen molar-refractivity contribution in [3.63, 3.8) is 0 Å². The van der Waals surface area contributed by atoms with Crippen LogP contribution < -0.4 is 16.0 Å². The third kappa shape index (κ3) is 5.18. The van der Waals surface area contributed by atoms with Gasteiger partial charge in [0.2, 0.25) is 11.8 Å². The molecule has 3 amide bonds. The van der Waals surface area contributed by atoms with E-state index in [1.54, 1.807) is 0 Å². The number of carboxylic acid groups (broad SMARTS) is 1. The molecular formula is C24H25N3O7. The molecule has 1 aliphatic carbocycles. The molecule has 0 spiro atoms. The van der Waals surface area contributed by atoms with E-state index < -0.39 is 35.8 Å². The minimum atomic E-state index is -1.06. The summed E-state index contributed by atoms with van der Waals surface area (Å²) in [4.78, 5) is 47.2. The third-order valence-electron chi connectivity index (χ3n) is 5.93. The van der Waals surface area contributed by atoms with Gasteiger partial charge in [-0.1, -0.05) is 48.5 Å². The topological polar surface area (TPSA) is 143 Å². The van der Waals surface area contributed by atoms with Crippen LogP contribution in [0.1, 0.15) is 17.0 Å². The SMILES string of the molecule is O=C(CNC(=O)OCC1c2ccccc2-c2ccccc21)NCC(=O)NC1COCC1C(=O)O. The molecule has 0 aromatic heterocycles. The van der Waals surface area contributed by atoms with Gasteiger partial charge in [-0.05, 0) is 22.3 Å². The molecule has 178 valence electrons. The first-order chi connectivity index (χ1) is 16.4. The Labute approximate surface area is 195 Å². The maximum atomic E-state index is 12.1. The second-order valence-corrected chi connectivity index (χ2v) is 8.11. The summed E-state index contributed by atoms with van der Waals surface area (Å²) in [6.07, 6.45) is -0.742. The van der Waals surface area contributed by atoms with Gasteiger partial charge < -0.3 is 30.5 Å². The lowest BCUT2D eigenvalue weighted by molar-refractivity contribution is -0.142. The molecule has 0 radical (unpaired) electrons. The first kappa shape index (κ1) is 23.2. The largest absolute Gasteiger partial charge is 0.481 e. The van der Waals surface area contributed by atoms with Crippen molar-refractivity contribution >= 4 is 23.9 Å². The smallest absolute Gasteiger partial charge is 0.407 e. The highest BCUT2D eigenvalue weighted by Gasteiger charge is 2.35. The molecule has 1 fully saturated rings. The maximum Gasteiger partial charge on any atom is 0.407 e. The summed E-state index contributed by atoms with van der Waals surface area (Å²) in [5, 5.41) is 16.4. The predicted molar refractivity (Wildman–Crippen MR) is 120 cm³/mol. The highest BCUT2D eigenvalue weighted by atomic mass is 16.5. The van der Waals surface area contributed by atoms with E-state index in [9.17, 15) is 19.2 Å². The number of rotatable bonds is 8. The first-order valence-corrected chi connectivity index (χ1v) is 10.9. The minimum Gasteiger partial charge on any atom is -0.481 e. The van der Waals surface area contributed by atoms with Crippen molar-refractivity contribution in [2.45, 2.75) is 12.0 Å². The Kier molecular flexibility index (Phi) is 7.07. The number of alkyl carbamates (subject to hydrolysis) is 1. The summed E-state index contributed by atoms with van der Waals surface area (Å²) in [5.74, 6) is -3.10. The number of ether oxygens (including phenoxy) is 2. The van der Waals surface area contributed by atoms with Crippen LogP contribution >= 0.6 is 0 Å². The van der Waals surface area contributed by atoms with Crippen LogP contribution in [-0.4, -0.2) is 67.9 Å². The van der Waals surface area contributed by atoms with Crippen molar-refractivity contribution in [1.82, 2.24) is 16.0 Å². The molecule has 2 aromatic rings. The zero-order chi connectivity index (χ0) is 24.1. The number of hydrogen-bond acceptors (Lipinski definition) is 6. The van der Waals surface area contributed by atoms with E-state index in [2.05, 4.69) is 16.0 Å². The number of carboxylic acids is 1. The summed E-state index contributed by atoms with van der Waals surface area (Å²) in [7, 11) is 0. The van der Waals surface area contributed by atoms with Gasteiger partial charge in [0.1, 0.15) is 19.1 Å². The van der Waals surface area contributed by atoms with E-state index in [1.807, 2.05) is 48.5 Å². The molecule has 10 heteroatoms. The van der Waals surface area contributed by atoms with Crippen LogP contribution in [0.15, 0.2) is 48.5 Å². The molecule has 10 nitrogen and oxygen atoms in total. The fourth-order valence-corrected chi connectivity index (χ4v) is 4.24. The zero-order valence-electron chi connectivity index (χ0n) is 18.3. The number of aliphatic carboxylic acids is 1. The number of amides is 3. The third-order valence-corrected chi connectivity index (χ3v) is 5.93. The van der Waals surface area contributed by atoms with Crippen LogP contribution in [0.3, 0.4) is 0 Å². The van der Waals surface area contributed by atoms with Gasteiger partial charge in [-0.25, -0.2) is 4.79 Å². The van der Waals surface area contributed by atoms with E-state index in [4.69, 9.17) is 14.6 Å². The Morgan fingerprint density at radius 3 is 2.15 bits per heavy atom. The normalized spacial score (nSPS) is 18.5. The molecule has 0 bridgehead atoms. The van der Waals surface area contributed by atoms with Gasteiger partial charge in [0.25, 0.3) is 0 Å². The van der Waals surface area contributed by atoms with Gasteiger partial charge in [-0.3, -0.25) is 14.4 Å². The van der Waals surface area contributed by atoms with Crippen LogP contribution in [0, 0.1) is 5.92 Å². The number of fused-ring (bicyclic) bond motifs is 3. The Balaban J connectivity index is 1.19. The van der Waals surface area contributed by atoms with E-state index >= 15 is 0 Å². The number of hydrogen-bond donors (Lipinski definition) is 4. The summed E-state index contributed by atoms with van der Waals surface area (Å²) in [6, 6.07) is 15.3. The molecule has 0 saturated carbocycles. The molecule has 2 aromatic carbocycles. The molecule has 1 heterocycles. The Hall–Kier alpha value is -3.92. The van der Waals surface area contributed by atoms with Crippen molar-refractivity contribution in [1.29, 1.82) is 0 Å². The molecule has 4 rings (SSSR count). The molecule has 2 unspecified atom stereocenters.